The van der Waals surface area contributed by atoms with Crippen LogP contribution >= 0.6 is 23.2 Å². The molecular weight excluding hydrogens is 913 g/mol. The highest BCUT2D eigenvalue weighted by molar-refractivity contribution is 6.31. The number of methoxy groups -OCH3 is 1. The fourth-order valence-corrected chi connectivity index (χ4v) is 9.35. The Balaban J connectivity index is 1.31. The maximum atomic E-state index is 15.1. The Morgan fingerprint density at radius 3 is 2.28 bits per heavy atom. The Bertz CT molecular complexity index is 2460. The molecule has 4 atom stereocenters. The lowest BCUT2D eigenvalue weighted by atomic mass is 9.82. The summed E-state index contributed by atoms with van der Waals surface area (Å²) in [6.45, 7) is 9.27. The summed E-state index contributed by atoms with van der Waals surface area (Å²) in [4.78, 5) is 80.4. The van der Waals surface area contributed by atoms with Gasteiger partial charge in [0.05, 0.1) is 50.2 Å². The number of amides is 4. The van der Waals surface area contributed by atoms with Gasteiger partial charge in [-0.25, -0.2) is 9.78 Å². The molecule has 3 heterocycles. The number of hydrogen-bond acceptors (Lipinski definition) is 10. The second-order valence-corrected chi connectivity index (χ2v) is 19.7. The summed E-state index contributed by atoms with van der Waals surface area (Å²) in [6, 6.07) is 17.3. The number of carbonyl (C=O) groups excluding carboxylic acids is 4. The molecule has 2 aliphatic rings. The average Bonchev–Trinajstić information content (AvgIpc) is 3.81. The Morgan fingerprint density at radius 2 is 1.65 bits per heavy atom. The van der Waals surface area contributed by atoms with Gasteiger partial charge in [-0.2, -0.15) is 0 Å². The number of carbonyl (C=O) groups is 5. The minimum absolute atomic E-state index is 0.0232. The average molecular weight is 977 g/mol. The Morgan fingerprint density at radius 1 is 0.971 bits per heavy atom. The molecule has 0 bridgehead atoms. The number of aromatic nitrogens is 2. The van der Waals surface area contributed by atoms with Crippen molar-refractivity contribution in [2.75, 3.05) is 40.9 Å². The number of esters is 1. The number of imidazole rings is 1. The second kappa shape index (κ2) is 21.7. The molecule has 18 heteroatoms. The van der Waals surface area contributed by atoms with Gasteiger partial charge in [0.25, 0.3) is 0 Å². The van der Waals surface area contributed by atoms with E-state index >= 15 is 4.79 Å². The molecular formula is C50H63Cl2N7O9. The number of nitrogens with zero attached hydrogens (tertiary/aromatic N) is 6. The van der Waals surface area contributed by atoms with Crippen LogP contribution in [0.3, 0.4) is 0 Å². The van der Waals surface area contributed by atoms with E-state index in [0.29, 0.717) is 59.5 Å². The molecule has 2 aliphatic heterocycles. The number of halogens is 2. The summed E-state index contributed by atoms with van der Waals surface area (Å²) in [5.41, 5.74) is 0.891. The van der Waals surface area contributed by atoms with Crippen molar-refractivity contribution in [3.63, 3.8) is 0 Å². The van der Waals surface area contributed by atoms with Crippen molar-refractivity contribution >= 4 is 53.0 Å². The lowest BCUT2D eigenvalue weighted by molar-refractivity contribution is -0.159. The predicted molar refractivity (Wildman–Crippen MR) is 258 cm³/mol. The third-order valence-electron chi connectivity index (χ3n) is 12.9. The minimum atomic E-state index is -1.30. The van der Waals surface area contributed by atoms with Crippen LogP contribution in [-0.2, 0) is 55.2 Å². The van der Waals surface area contributed by atoms with Crippen LogP contribution in [0, 0.1) is 11.8 Å². The third-order valence-corrected chi connectivity index (χ3v) is 13.3. The van der Waals surface area contributed by atoms with Crippen molar-refractivity contribution < 1.29 is 43.3 Å². The van der Waals surface area contributed by atoms with E-state index in [9.17, 15) is 24.3 Å². The van der Waals surface area contributed by atoms with Gasteiger partial charge in [-0.15, -0.1) is 0 Å². The van der Waals surface area contributed by atoms with Crippen molar-refractivity contribution in [3.8, 4) is 22.8 Å². The van der Waals surface area contributed by atoms with Crippen molar-refractivity contribution in [1.82, 2.24) is 34.5 Å². The van der Waals surface area contributed by atoms with Gasteiger partial charge in [-0.05, 0) is 114 Å². The fraction of sp³-hybridized carbons (Fsp3) is 0.480. The molecule has 0 saturated carbocycles. The number of hydrogen-bond donors (Lipinski definition) is 2. The van der Waals surface area contributed by atoms with Gasteiger partial charge in [-0.3, -0.25) is 24.1 Å². The molecule has 2 fully saturated rings. The van der Waals surface area contributed by atoms with Crippen LogP contribution in [0.15, 0.2) is 72.9 Å². The lowest BCUT2D eigenvalue weighted by Crippen LogP contribution is -2.65. The van der Waals surface area contributed by atoms with Gasteiger partial charge < -0.3 is 43.9 Å². The van der Waals surface area contributed by atoms with E-state index in [2.05, 4.69) is 10.3 Å². The van der Waals surface area contributed by atoms with Gasteiger partial charge in [-0.1, -0.05) is 55.2 Å². The number of benzene rings is 3. The summed E-state index contributed by atoms with van der Waals surface area (Å²) in [6.07, 6.45) is 1.74. The molecule has 3 aromatic carbocycles. The van der Waals surface area contributed by atoms with E-state index in [-0.39, 0.29) is 32.0 Å². The topological polar surface area (TPSA) is 176 Å². The van der Waals surface area contributed by atoms with Gasteiger partial charge in [0.15, 0.2) is 0 Å². The van der Waals surface area contributed by atoms with Crippen LogP contribution in [0.2, 0.25) is 10.0 Å². The Hall–Kier alpha value is -5.68. The van der Waals surface area contributed by atoms with E-state index < -0.39 is 59.0 Å². The van der Waals surface area contributed by atoms with E-state index in [4.69, 9.17) is 37.4 Å². The fourth-order valence-electron chi connectivity index (χ4n) is 9.07. The van der Waals surface area contributed by atoms with Crippen molar-refractivity contribution in [2.24, 2.45) is 18.9 Å². The molecule has 366 valence electrons. The molecule has 68 heavy (non-hydrogen) atoms. The predicted octanol–water partition coefficient (Wildman–Crippen LogP) is 7.64. The summed E-state index contributed by atoms with van der Waals surface area (Å²) < 4.78 is 19.7. The van der Waals surface area contributed by atoms with E-state index in [1.54, 1.807) is 51.1 Å². The molecule has 16 nitrogen and oxygen atoms in total. The molecule has 0 radical (unpaired) electrons. The molecule has 2 N–H and O–H groups in total. The standard InChI is InChI=1S/C50H63Cl2N7O9/c1-31(2)39(47(63)66-9)24-44(60)58(27-35-13-18-37(52)23-42(35)68-38-19-14-34(15-20-38)40-26-53-43(56(40)8)28-55(6)7)32(3)46(62)59-41(29-67-49(59,4)5)45(61)54-50(21-10-22-57(30-50)48(64)65)25-33-11-16-36(51)17-12-33/h11-20,23,26,31-32,39,41H,10,21-22,24-25,27-30H2,1-9H3,(H,54,61)(H,64,65)/t32?,39?,41-,50+/m0/s1. The highest BCUT2D eigenvalue weighted by Crippen LogP contribution is 2.35. The van der Waals surface area contributed by atoms with Crippen LogP contribution in [0.1, 0.15) is 70.8 Å². The first-order valence-electron chi connectivity index (χ1n) is 22.7. The highest BCUT2D eigenvalue weighted by Gasteiger charge is 2.51. The van der Waals surface area contributed by atoms with Crippen LogP contribution in [0.25, 0.3) is 11.3 Å². The van der Waals surface area contributed by atoms with E-state index in [1.807, 2.05) is 87.1 Å². The largest absolute Gasteiger partial charge is 0.469 e. The van der Waals surface area contributed by atoms with Gasteiger partial charge in [0.2, 0.25) is 17.7 Å². The molecule has 0 spiro atoms. The summed E-state index contributed by atoms with van der Waals surface area (Å²) in [5.74, 6) is -1.55. The summed E-state index contributed by atoms with van der Waals surface area (Å²) in [5, 5.41) is 14.1. The van der Waals surface area contributed by atoms with E-state index in [0.717, 1.165) is 22.6 Å². The first-order valence-corrected chi connectivity index (χ1v) is 23.5. The Kier molecular flexibility index (Phi) is 16.5. The number of piperidine rings is 1. The van der Waals surface area contributed by atoms with Crippen molar-refractivity contribution in [3.05, 3.63) is 99.9 Å². The normalized spacial score (nSPS) is 18.9. The van der Waals surface area contributed by atoms with Crippen molar-refractivity contribution in [1.29, 1.82) is 0 Å². The first-order chi connectivity index (χ1) is 32.1. The van der Waals surface area contributed by atoms with Crippen molar-refractivity contribution in [2.45, 2.75) is 96.7 Å². The molecule has 0 aliphatic carbocycles. The summed E-state index contributed by atoms with van der Waals surface area (Å²) >= 11 is 12.7. The molecule has 2 unspecified atom stereocenters. The molecule has 2 saturated heterocycles. The van der Waals surface area contributed by atoms with Gasteiger partial charge >= 0.3 is 12.1 Å². The molecule has 4 amide bonds. The number of rotatable bonds is 17. The maximum Gasteiger partial charge on any atom is 0.407 e. The second-order valence-electron chi connectivity index (χ2n) is 18.9. The maximum absolute atomic E-state index is 15.1. The van der Waals surface area contributed by atoms with Crippen LogP contribution in [0.4, 0.5) is 4.79 Å². The number of likely N-dealkylation sites (tertiary alicyclic amines) is 1. The Labute approximate surface area is 408 Å². The quantitative estimate of drug-likeness (QED) is 0.0996. The highest BCUT2D eigenvalue weighted by atomic mass is 35.5. The molecule has 6 rings (SSSR count). The monoisotopic (exact) mass is 975 g/mol. The van der Waals surface area contributed by atoms with Gasteiger partial charge in [0.1, 0.15) is 35.1 Å². The third kappa shape index (κ3) is 12.1. The number of ether oxygens (including phenoxy) is 3. The van der Waals surface area contributed by atoms with Gasteiger partial charge in [0, 0.05) is 47.7 Å². The van der Waals surface area contributed by atoms with Crippen LogP contribution < -0.4 is 10.1 Å². The SMILES string of the molecule is COC(=O)C(CC(=O)N(Cc1ccc(Cl)cc1Oc1ccc(-c2cnc(CN(C)C)n2C)cc1)C(C)C(=O)N1[C@H](C(=O)N[C@@]2(Cc3ccc(Cl)cc3)CCCN(C(=O)O)C2)COC1(C)C)C(C)C. The number of nitrogens with one attached hydrogen (secondary N) is 1. The van der Waals surface area contributed by atoms with Crippen LogP contribution in [0.5, 0.6) is 11.5 Å². The molecule has 4 aromatic rings. The smallest absolute Gasteiger partial charge is 0.407 e. The zero-order valence-electron chi connectivity index (χ0n) is 40.3. The van der Waals surface area contributed by atoms with Crippen LogP contribution in [-0.4, -0.2) is 128 Å². The zero-order chi connectivity index (χ0) is 49.7. The number of carboxylic acid groups (broad SMARTS) is 1. The zero-order valence-corrected chi connectivity index (χ0v) is 41.8. The minimum Gasteiger partial charge on any atom is -0.469 e. The van der Waals surface area contributed by atoms with E-state index in [1.165, 1.54) is 21.8 Å². The molecule has 1 aromatic heterocycles. The summed E-state index contributed by atoms with van der Waals surface area (Å²) in [7, 11) is 7.21. The first kappa shape index (κ1) is 51.7. The lowest BCUT2D eigenvalue weighted by Gasteiger charge is -2.44.